The van der Waals surface area contributed by atoms with Gasteiger partial charge in [-0.05, 0) is 51.8 Å². The number of ketones is 1. The number of hydrogen-bond acceptors (Lipinski definition) is 6. The first kappa shape index (κ1) is 21.1. The van der Waals surface area contributed by atoms with Gasteiger partial charge in [-0.15, -0.1) is 0 Å². The number of carbonyl (C=O) groups is 2. The number of ether oxygens (including phenoxy) is 2. The minimum atomic E-state index is -0.846. The standard InChI is InChI=1S/C24H25NO6/c1-14-6-7-22-19(9-14)20(26)11-23(31-22)24(28)30-13-21(27)18-10-15(2)25(16(18)3)12-17-5-4-8-29-17/h6-7,9-11,17H,4-5,8,12-13H2,1-3H3/t17-/m1/s1. The topological polar surface area (TPSA) is 87.7 Å². The highest BCUT2D eigenvalue weighted by Gasteiger charge is 2.22. The monoisotopic (exact) mass is 423 g/mol. The van der Waals surface area contributed by atoms with Crippen molar-refractivity contribution in [2.45, 2.75) is 46.3 Å². The fraction of sp³-hybridized carbons (Fsp3) is 0.375. The molecule has 162 valence electrons. The first-order chi connectivity index (χ1) is 14.8. The molecule has 1 aliphatic heterocycles. The van der Waals surface area contributed by atoms with E-state index in [9.17, 15) is 14.4 Å². The predicted molar refractivity (Wildman–Crippen MR) is 115 cm³/mol. The minimum Gasteiger partial charge on any atom is -0.451 e. The van der Waals surface area contributed by atoms with Gasteiger partial charge < -0.3 is 18.5 Å². The number of hydrogen-bond donors (Lipinski definition) is 0. The number of Topliss-reactive ketones (excluding diaryl/α,β-unsaturated/α-hetero) is 1. The lowest BCUT2D eigenvalue weighted by molar-refractivity contribution is 0.0444. The summed E-state index contributed by atoms with van der Waals surface area (Å²) in [6.07, 6.45) is 2.22. The molecule has 1 fully saturated rings. The number of benzene rings is 1. The molecule has 1 aliphatic rings. The zero-order valence-electron chi connectivity index (χ0n) is 17.9. The van der Waals surface area contributed by atoms with E-state index >= 15 is 0 Å². The number of aryl methyl sites for hydroxylation is 2. The number of aromatic nitrogens is 1. The van der Waals surface area contributed by atoms with E-state index in [0.29, 0.717) is 23.1 Å². The third-order valence-corrected chi connectivity index (χ3v) is 5.70. The third-order valence-electron chi connectivity index (χ3n) is 5.70. The molecule has 0 amide bonds. The summed E-state index contributed by atoms with van der Waals surface area (Å²) in [7, 11) is 0. The van der Waals surface area contributed by atoms with E-state index < -0.39 is 12.6 Å². The van der Waals surface area contributed by atoms with Gasteiger partial charge in [0.15, 0.2) is 12.0 Å². The molecule has 7 heteroatoms. The van der Waals surface area contributed by atoms with Crippen molar-refractivity contribution < 1.29 is 23.5 Å². The SMILES string of the molecule is Cc1ccc2oc(C(=O)OCC(=O)c3cc(C)n(C[C@H]4CCCO4)c3C)cc(=O)c2c1. The Morgan fingerprint density at radius 1 is 1.16 bits per heavy atom. The Morgan fingerprint density at radius 3 is 2.71 bits per heavy atom. The number of esters is 1. The first-order valence-electron chi connectivity index (χ1n) is 10.4. The van der Waals surface area contributed by atoms with Gasteiger partial charge in [0, 0.05) is 36.2 Å². The number of carbonyl (C=O) groups excluding carboxylic acids is 2. The molecular weight excluding hydrogens is 398 g/mol. The molecule has 0 bridgehead atoms. The van der Waals surface area contributed by atoms with Gasteiger partial charge in [0.2, 0.25) is 11.5 Å². The fourth-order valence-electron chi connectivity index (χ4n) is 4.01. The second kappa shape index (κ2) is 8.51. The largest absolute Gasteiger partial charge is 0.451 e. The van der Waals surface area contributed by atoms with Crippen molar-refractivity contribution in [3.05, 3.63) is 68.8 Å². The van der Waals surface area contributed by atoms with E-state index in [2.05, 4.69) is 4.57 Å². The average molecular weight is 423 g/mol. The molecule has 0 unspecified atom stereocenters. The summed E-state index contributed by atoms with van der Waals surface area (Å²) in [5.74, 6) is -1.38. The molecule has 4 rings (SSSR count). The van der Waals surface area contributed by atoms with Gasteiger partial charge in [-0.3, -0.25) is 9.59 Å². The Balaban J connectivity index is 1.46. The summed E-state index contributed by atoms with van der Waals surface area (Å²) in [5, 5.41) is 0.395. The van der Waals surface area contributed by atoms with Crippen LogP contribution in [0.2, 0.25) is 0 Å². The van der Waals surface area contributed by atoms with Crippen LogP contribution in [0.1, 0.15) is 50.7 Å². The molecule has 2 aromatic heterocycles. The normalized spacial score (nSPS) is 16.0. The summed E-state index contributed by atoms with van der Waals surface area (Å²) in [6, 6.07) is 8.03. The molecule has 3 heterocycles. The van der Waals surface area contributed by atoms with Crippen LogP contribution in [0, 0.1) is 20.8 Å². The summed E-state index contributed by atoms with van der Waals surface area (Å²) < 4.78 is 18.4. The van der Waals surface area contributed by atoms with Crippen LogP contribution in [0.4, 0.5) is 0 Å². The molecule has 31 heavy (non-hydrogen) atoms. The van der Waals surface area contributed by atoms with Crippen molar-refractivity contribution in [3.8, 4) is 0 Å². The molecule has 0 aliphatic carbocycles. The smallest absolute Gasteiger partial charge is 0.374 e. The van der Waals surface area contributed by atoms with Crippen molar-refractivity contribution in [1.29, 1.82) is 0 Å². The van der Waals surface area contributed by atoms with Crippen LogP contribution in [0.3, 0.4) is 0 Å². The Bertz CT molecular complexity index is 1210. The van der Waals surface area contributed by atoms with E-state index in [1.54, 1.807) is 24.3 Å². The van der Waals surface area contributed by atoms with Crippen LogP contribution in [-0.2, 0) is 16.0 Å². The Labute approximate surface area is 179 Å². The van der Waals surface area contributed by atoms with E-state index in [-0.39, 0.29) is 23.1 Å². The van der Waals surface area contributed by atoms with Crippen molar-refractivity contribution in [2.75, 3.05) is 13.2 Å². The van der Waals surface area contributed by atoms with Gasteiger partial charge in [-0.1, -0.05) is 11.6 Å². The van der Waals surface area contributed by atoms with Gasteiger partial charge in [-0.25, -0.2) is 4.79 Å². The molecule has 7 nitrogen and oxygen atoms in total. The third kappa shape index (κ3) is 4.32. The van der Waals surface area contributed by atoms with E-state index in [4.69, 9.17) is 13.9 Å². The van der Waals surface area contributed by atoms with Gasteiger partial charge in [0.25, 0.3) is 0 Å². The minimum absolute atomic E-state index is 0.158. The number of fused-ring (bicyclic) bond motifs is 1. The maximum atomic E-state index is 12.7. The highest BCUT2D eigenvalue weighted by molar-refractivity contribution is 6.00. The lowest BCUT2D eigenvalue weighted by atomic mass is 10.1. The van der Waals surface area contributed by atoms with Crippen molar-refractivity contribution >= 4 is 22.7 Å². The molecule has 3 aromatic rings. The van der Waals surface area contributed by atoms with Crippen molar-refractivity contribution in [1.82, 2.24) is 4.57 Å². The molecule has 1 aromatic carbocycles. The van der Waals surface area contributed by atoms with Crippen molar-refractivity contribution in [3.63, 3.8) is 0 Å². The molecular formula is C24H25NO6. The second-order valence-corrected chi connectivity index (χ2v) is 8.00. The van der Waals surface area contributed by atoms with Crippen LogP contribution >= 0.6 is 0 Å². The Hall–Kier alpha value is -3.19. The quantitative estimate of drug-likeness (QED) is 0.443. The van der Waals surface area contributed by atoms with Crippen LogP contribution < -0.4 is 5.43 Å². The van der Waals surface area contributed by atoms with E-state index in [1.807, 2.05) is 20.8 Å². The van der Waals surface area contributed by atoms with Crippen LogP contribution in [0.25, 0.3) is 11.0 Å². The number of nitrogens with zero attached hydrogens (tertiary/aromatic N) is 1. The summed E-state index contributed by atoms with van der Waals surface area (Å²) in [4.78, 5) is 37.4. The first-order valence-corrected chi connectivity index (χ1v) is 10.4. The molecule has 0 spiro atoms. The van der Waals surface area contributed by atoms with E-state index in [0.717, 1.165) is 42.5 Å². The van der Waals surface area contributed by atoms with E-state index in [1.165, 1.54) is 0 Å². The molecule has 0 N–H and O–H groups in total. The maximum Gasteiger partial charge on any atom is 0.374 e. The van der Waals surface area contributed by atoms with Crippen molar-refractivity contribution in [2.24, 2.45) is 0 Å². The van der Waals surface area contributed by atoms with Crippen LogP contribution in [0.5, 0.6) is 0 Å². The Morgan fingerprint density at radius 2 is 1.97 bits per heavy atom. The highest BCUT2D eigenvalue weighted by atomic mass is 16.5. The summed E-state index contributed by atoms with van der Waals surface area (Å²) in [5.41, 5.74) is 3.17. The average Bonchev–Trinajstić information content (AvgIpc) is 3.36. The molecule has 0 radical (unpaired) electrons. The molecule has 1 saturated heterocycles. The summed E-state index contributed by atoms with van der Waals surface area (Å²) in [6.45, 7) is 6.73. The lowest BCUT2D eigenvalue weighted by Crippen LogP contribution is -2.18. The molecule has 1 atom stereocenters. The fourth-order valence-corrected chi connectivity index (χ4v) is 4.01. The zero-order valence-corrected chi connectivity index (χ0v) is 17.9. The molecule has 0 saturated carbocycles. The second-order valence-electron chi connectivity index (χ2n) is 8.00. The van der Waals surface area contributed by atoms with Gasteiger partial charge in [-0.2, -0.15) is 0 Å². The highest BCUT2D eigenvalue weighted by Crippen LogP contribution is 2.21. The number of rotatable bonds is 6. The van der Waals surface area contributed by atoms with Gasteiger partial charge in [0.1, 0.15) is 5.58 Å². The van der Waals surface area contributed by atoms with Gasteiger partial charge in [0.05, 0.1) is 11.5 Å². The van der Waals surface area contributed by atoms with Crippen LogP contribution in [-0.4, -0.2) is 35.6 Å². The summed E-state index contributed by atoms with van der Waals surface area (Å²) >= 11 is 0. The zero-order chi connectivity index (χ0) is 22.1. The lowest BCUT2D eigenvalue weighted by Gasteiger charge is -2.14. The Kier molecular flexibility index (Phi) is 5.78. The maximum absolute atomic E-state index is 12.7. The predicted octanol–water partition coefficient (Wildman–Crippen LogP) is 3.74. The van der Waals surface area contributed by atoms with Crippen LogP contribution in [0.15, 0.2) is 39.5 Å². The van der Waals surface area contributed by atoms with Gasteiger partial charge >= 0.3 is 5.97 Å².